The fourth-order valence-electron chi connectivity index (χ4n) is 2.66. The van der Waals surface area contributed by atoms with Crippen LogP contribution in [0.3, 0.4) is 0 Å². The van der Waals surface area contributed by atoms with Crippen LogP contribution < -0.4 is 5.32 Å². The van der Waals surface area contributed by atoms with Crippen molar-refractivity contribution < 1.29 is 14.6 Å². The number of nitrogens with one attached hydrogen (secondary N) is 1. The summed E-state index contributed by atoms with van der Waals surface area (Å²) in [4.78, 5) is 12.0. The molecule has 21 heavy (non-hydrogen) atoms. The van der Waals surface area contributed by atoms with E-state index in [1.165, 1.54) is 5.56 Å². The van der Waals surface area contributed by atoms with Crippen molar-refractivity contribution in [3.8, 4) is 0 Å². The fraction of sp³-hybridized carbons (Fsp3) is 0.588. The molecule has 1 aliphatic heterocycles. The Bertz CT molecular complexity index is 438. The van der Waals surface area contributed by atoms with Gasteiger partial charge in [-0.2, -0.15) is 0 Å². The maximum absolute atomic E-state index is 12.0. The number of hydrogen-bond acceptors (Lipinski definition) is 3. The van der Waals surface area contributed by atoms with Crippen LogP contribution in [-0.4, -0.2) is 36.9 Å². The van der Waals surface area contributed by atoms with E-state index in [4.69, 9.17) is 4.74 Å². The van der Waals surface area contributed by atoms with Crippen LogP contribution in [0.2, 0.25) is 0 Å². The molecule has 1 amide bonds. The first-order chi connectivity index (χ1) is 10.2. The van der Waals surface area contributed by atoms with Crippen LogP contribution in [0.25, 0.3) is 0 Å². The molecule has 1 aromatic carbocycles. The summed E-state index contributed by atoms with van der Waals surface area (Å²) in [6.07, 6.45) is 3.04. The number of ether oxygens (including phenoxy) is 1. The minimum atomic E-state index is -0.350. The smallest absolute Gasteiger partial charge is 0.251 e. The van der Waals surface area contributed by atoms with Crippen LogP contribution in [0.15, 0.2) is 24.3 Å². The molecule has 0 aromatic heterocycles. The average Bonchev–Trinajstić information content (AvgIpc) is 2.55. The second kappa shape index (κ2) is 8.15. The molecule has 1 atom stereocenters. The molecule has 0 saturated carbocycles. The largest absolute Gasteiger partial charge is 0.393 e. The summed E-state index contributed by atoms with van der Waals surface area (Å²) in [5.74, 6) is 0.233. The van der Waals surface area contributed by atoms with Crippen LogP contribution in [0.4, 0.5) is 0 Å². The van der Waals surface area contributed by atoms with Crippen molar-refractivity contribution in [1.29, 1.82) is 0 Å². The zero-order chi connectivity index (χ0) is 15.1. The Morgan fingerprint density at radius 2 is 2.00 bits per heavy atom. The summed E-state index contributed by atoms with van der Waals surface area (Å²) in [5, 5.41) is 13.0. The first kappa shape index (κ1) is 16.0. The van der Waals surface area contributed by atoms with E-state index in [2.05, 4.69) is 12.2 Å². The third kappa shape index (κ3) is 4.83. The van der Waals surface area contributed by atoms with Gasteiger partial charge in [0.1, 0.15) is 0 Å². The molecule has 4 heteroatoms. The second-order valence-electron chi connectivity index (χ2n) is 5.61. The lowest BCUT2D eigenvalue weighted by Gasteiger charge is -2.26. The van der Waals surface area contributed by atoms with Crippen molar-refractivity contribution in [2.24, 2.45) is 5.92 Å². The average molecular weight is 291 g/mol. The van der Waals surface area contributed by atoms with Crippen molar-refractivity contribution in [2.75, 3.05) is 19.8 Å². The SMILES string of the molecule is CCc1ccc(C(=O)NCC[C@H](O)C2CCOCC2)cc1. The molecular weight excluding hydrogens is 266 g/mol. The van der Waals surface area contributed by atoms with E-state index in [1.807, 2.05) is 24.3 Å². The molecule has 1 heterocycles. The molecule has 2 N–H and O–H groups in total. The number of amides is 1. The van der Waals surface area contributed by atoms with Gasteiger partial charge in [0.2, 0.25) is 0 Å². The van der Waals surface area contributed by atoms with Gasteiger partial charge in [-0.25, -0.2) is 0 Å². The lowest BCUT2D eigenvalue weighted by Crippen LogP contribution is -2.32. The van der Waals surface area contributed by atoms with Crippen molar-refractivity contribution in [3.05, 3.63) is 35.4 Å². The summed E-state index contributed by atoms with van der Waals surface area (Å²) in [5.41, 5.74) is 1.90. The standard InChI is InChI=1S/C17H25NO3/c1-2-13-3-5-15(6-4-13)17(20)18-10-7-16(19)14-8-11-21-12-9-14/h3-6,14,16,19H,2,7-12H2,1H3,(H,18,20)/t16-/m0/s1. The van der Waals surface area contributed by atoms with Crippen LogP contribution in [-0.2, 0) is 11.2 Å². The van der Waals surface area contributed by atoms with Gasteiger partial charge < -0.3 is 15.2 Å². The monoisotopic (exact) mass is 291 g/mol. The summed E-state index contributed by atoms with van der Waals surface area (Å²) < 4.78 is 5.29. The van der Waals surface area contributed by atoms with E-state index in [0.717, 1.165) is 32.5 Å². The maximum Gasteiger partial charge on any atom is 0.251 e. The van der Waals surface area contributed by atoms with Crippen LogP contribution in [0.1, 0.15) is 42.1 Å². The number of aliphatic hydroxyl groups excluding tert-OH is 1. The highest BCUT2D eigenvalue weighted by molar-refractivity contribution is 5.94. The Hall–Kier alpha value is -1.39. The third-order valence-corrected chi connectivity index (χ3v) is 4.16. The molecule has 0 bridgehead atoms. The topological polar surface area (TPSA) is 58.6 Å². The van der Waals surface area contributed by atoms with Gasteiger partial charge in [0.25, 0.3) is 5.91 Å². The molecule has 1 aliphatic rings. The van der Waals surface area contributed by atoms with Crippen molar-refractivity contribution in [3.63, 3.8) is 0 Å². The third-order valence-electron chi connectivity index (χ3n) is 4.16. The highest BCUT2D eigenvalue weighted by Gasteiger charge is 2.21. The Kier molecular flexibility index (Phi) is 6.21. The Labute approximate surface area is 126 Å². The van der Waals surface area contributed by atoms with E-state index in [9.17, 15) is 9.90 Å². The number of carbonyl (C=O) groups is 1. The van der Waals surface area contributed by atoms with Crippen LogP contribution >= 0.6 is 0 Å². The fourth-order valence-corrected chi connectivity index (χ4v) is 2.66. The predicted molar refractivity (Wildman–Crippen MR) is 82.3 cm³/mol. The summed E-state index contributed by atoms with van der Waals surface area (Å²) in [6.45, 7) is 4.06. The number of rotatable bonds is 6. The van der Waals surface area contributed by atoms with Gasteiger partial charge >= 0.3 is 0 Å². The number of aliphatic hydroxyl groups is 1. The van der Waals surface area contributed by atoms with E-state index < -0.39 is 0 Å². The number of aryl methyl sites for hydroxylation is 1. The normalized spacial score (nSPS) is 17.4. The van der Waals surface area contributed by atoms with Crippen molar-refractivity contribution >= 4 is 5.91 Å². The van der Waals surface area contributed by atoms with Crippen molar-refractivity contribution in [2.45, 2.75) is 38.7 Å². The molecular formula is C17H25NO3. The quantitative estimate of drug-likeness (QED) is 0.844. The van der Waals surface area contributed by atoms with Gasteiger partial charge in [-0.3, -0.25) is 4.79 Å². The van der Waals surface area contributed by atoms with Gasteiger partial charge in [-0.1, -0.05) is 19.1 Å². The number of hydrogen-bond donors (Lipinski definition) is 2. The first-order valence-corrected chi connectivity index (χ1v) is 7.83. The van der Waals surface area contributed by atoms with E-state index >= 15 is 0 Å². The predicted octanol–water partition coefficient (Wildman–Crippen LogP) is 2.16. The zero-order valence-electron chi connectivity index (χ0n) is 12.7. The molecule has 1 fully saturated rings. The molecule has 0 aliphatic carbocycles. The van der Waals surface area contributed by atoms with Crippen molar-refractivity contribution in [1.82, 2.24) is 5.32 Å². The molecule has 1 saturated heterocycles. The Morgan fingerprint density at radius 3 is 2.62 bits per heavy atom. The number of benzene rings is 1. The minimum Gasteiger partial charge on any atom is -0.393 e. The highest BCUT2D eigenvalue weighted by Crippen LogP contribution is 2.20. The first-order valence-electron chi connectivity index (χ1n) is 7.83. The maximum atomic E-state index is 12.0. The van der Waals surface area contributed by atoms with Gasteiger partial charge in [0.15, 0.2) is 0 Å². The Morgan fingerprint density at radius 1 is 1.33 bits per heavy atom. The molecule has 4 nitrogen and oxygen atoms in total. The lowest BCUT2D eigenvalue weighted by molar-refractivity contribution is 0.00528. The molecule has 0 spiro atoms. The van der Waals surface area contributed by atoms with E-state index in [0.29, 0.717) is 24.4 Å². The summed E-state index contributed by atoms with van der Waals surface area (Å²) in [6, 6.07) is 7.66. The molecule has 116 valence electrons. The molecule has 0 radical (unpaired) electrons. The van der Waals surface area contributed by atoms with Gasteiger partial charge in [-0.15, -0.1) is 0 Å². The summed E-state index contributed by atoms with van der Waals surface area (Å²) in [7, 11) is 0. The zero-order valence-corrected chi connectivity index (χ0v) is 12.7. The van der Waals surface area contributed by atoms with Gasteiger partial charge in [0.05, 0.1) is 6.10 Å². The Balaban J connectivity index is 1.72. The molecule has 0 unspecified atom stereocenters. The highest BCUT2D eigenvalue weighted by atomic mass is 16.5. The van der Waals surface area contributed by atoms with Gasteiger partial charge in [0, 0.05) is 25.3 Å². The number of carbonyl (C=O) groups excluding carboxylic acids is 1. The van der Waals surface area contributed by atoms with E-state index in [-0.39, 0.29) is 12.0 Å². The van der Waals surface area contributed by atoms with Crippen LogP contribution in [0.5, 0.6) is 0 Å². The van der Waals surface area contributed by atoms with Gasteiger partial charge in [-0.05, 0) is 49.3 Å². The molecule has 2 rings (SSSR count). The molecule has 1 aromatic rings. The lowest BCUT2D eigenvalue weighted by atomic mass is 9.92. The summed E-state index contributed by atoms with van der Waals surface area (Å²) >= 11 is 0. The minimum absolute atomic E-state index is 0.0724. The van der Waals surface area contributed by atoms with E-state index in [1.54, 1.807) is 0 Å². The van der Waals surface area contributed by atoms with Crippen LogP contribution in [0, 0.1) is 5.92 Å². The second-order valence-corrected chi connectivity index (χ2v) is 5.61.